The zero-order chi connectivity index (χ0) is 21.0. The van der Waals surface area contributed by atoms with Crippen LogP contribution in [0.4, 0.5) is 0 Å². The number of nitrogens with two attached hydrogens (primary N) is 2. The first-order valence-corrected chi connectivity index (χ1v) is 9.12. The van der Waals surface area contributed by atoms with Crippen molar-refractivity contribution < 1.29 is 19.8 Å². The molecule has 8 nitrogen and oxygen atoms in total. The van der Waals surface area contributed by atoms with Crippen molar-refractivity contribution in [3.05, 3.63) is 0 Å². The van der Waals surface area contributed by atoms with Crippen molar-refractivity contribution in [3.63, 3.8) is 0 Å². The van der Waals surface area contributed by atoms with Crippen LogP contribution >= 0.6 is 0 Å². The Bertz CT molecular complexity index is 380. The van der Waals surface area contributed by atoms with Gasteiger partial charge >= 0.3 is 11.9 Å². The highest BCUT2D eigenvalue weighted by atomic mass is 16.4. The number of likely N-dealkylation sites (N-methyl/N-ethyl adjacent to an activating group) is 2. The fraction of sp³-hybridized carbons (Fsp3) is 0.889. The molecule has 0 aromatic carbocycles. The number of carboxylic acid groups (broad SMARTS) is 2. The molecule has 156 valence electrons. The minimum Gasteiger partial charge on any atom is -0.480 e. The Labute approximate surface area is 158 Å². The third-order valence-corrected chi connectivity index (χ3v) is 5.13. The Hall–Kier alpha value is -1.22. The second kappa shape index (κ2) is 13.0. The molecule has 0 rings (SSSR count). The Morgan fingerprint density at radius 3 is 1.15 bits per heavy atom. The second-order valence-corrected chi connectivity index (χ2v) is 7.44. The van der Waals surface area contributed by atoms with Crippen molar-refractivity contribution in [3.8, 4) is 0 Å². The van der Waals surface area contributed by atoms with Crippen molar-refractivity contribution in [2.24, 2.45) is 11.5 Å². The first-order valence-electron chi connectivity index (χ1n) is 9.12. The maximum Gasteiger partial charge on any atom is 0.323 e. The number of hydrogen-bond acceptors (Lipinski definition) is 6. The minimum absolute atomic E-state index is 0.628. The van der Waals surface area contributed by atoms with Gasteiger partial charge in [-0.15, -0.1) is 0 Å². The predicted octanol–water partition coefficient (Wildman–Crippen LogP) is 1.04. The highest BCUT2D eigenvalue weighted by Gasteiger charge is 2.35. The van der Waals surface area contributed by atoms with Crippen LogP contribution in [0.25, 0.3) is 0 Å². The van der Waals surface area contributed by atoms with Gasteiger partial charge < -0.3 is 21.7 Å². The molecule has 0 aliphatic rings. The van der Waals surface area contributed by atoms with Gasteiger partial charge in [0.15, 0.2) is 0 Å². The number of carbonyl (C=O) groups is 2. The molecule has 0 aliphatic carbocycles. The maximum atomic E-state index is 11.0. The lowest BCUT2D eigenvalue weighted by molar-refractivity contribution is -0.150. The lowest BCUT2D eigenvalue weighted by atomic mass is 9.94. The first-order chi connectivity index (χ1) is 11.9. The molecule has 0 radical (unpaired) electrons. The van der Waals surface area contributed by atoms with Crippen molar-refractivity contribution in [2.45, 2.75) is 63.5 Å². The lowest BCUT2D eigenvalue weighted by Gasteiger charge is -2.32. The largest absolute Gasteiger partial charge is 0.480 e. The summed E-state index contributed by atoms with van der Waals surface area (Å²) >= 11 is 0. The zero-order valence-electron chi connectivity index (χ0n) is 17.4. The predicted molar refractivity (Wildman–Crippen MR) is 105 cm³/mol. The number of rotatable bonds is 12. The topological polar surface area (TPSA) is 133 Å². The van der Waals surface area contributed by atoms with Gasteiger partial charge in [0.25, 0.3) is 0 Å². The summed E-state index contributed by atoms with van der Waals surface area (Å²) in [4.78, 5) is 25.5. The molecule has 0 heterocycles. The van der Waals surface area contributed by atoms with Gasteiger partial charge in [0, 0.05) is 0 Å². The van der Waals surface area contributed by atoms with Crippen LogP contribution < -0.4 is 11.5 Å². The maximum absolute atomic E-state index is 11.0. The molecule has 0 saturated heterocycles. The van der Waals surface area contributed by atoms with E-state index in [4.69, 9.17) is 21.7 Å². The van der Waals surface area contributed by atoms with E-state index >= 15 is 0 Å². The summed E-state index contributed by atoms with van der Waals surface area (Å²) in [5, 5.41) is 18.1. The molecular formula is C18H40N4O4. The Morgan fingerprint density at radius 1 is 0.731 bits per heavy atom. The van der Waals surface area contributed by atoms with Crippen molar-refractivity contribution in [2.75, 3.05) is 41.3 Å². The van der Waals surface area contributed by atoms with E-state index in [9.17, 15) is 9.59 Å². The molecule has 0 aromatic heterocycles. The third kappa shape index (κ3) is 8.93. The molecule has 2 atom stereocenters. The number of nitrogens with zero attached hydrogens (tertiary/aromatic N) is 2. The van der Waals surface area contributed by atoms with E-state index in [1.807, 2.05) is 0 Å². The Kier molecular flexibility index (Phi) is 13.5. The summed E-state index contributed by atoms with van der Waals surface area (Å²) < 4.78 is 0. The van der Waals surface area contributed by atoms with Gasteiger partial charge in [0.1, 0.15) is 11.1 Å². The molecule has 0 amide bonds. The normalized spacial score (nSPS) is 15.8. The molecule has 0 fully saturated rings. The highest BCUT2D eigenvalue weighted by Crippen LogP contribution is 2.20. The molecule has 6 N–H and O–H groups in total. The van der Waals surface area contributed by atoms with E-state index < -0.39 is 23.0 Å². The number of aliphatic carboxylic acids is 2. The van der Waals surface area contributed by atoms with Gasteiger partial charge in [-0.3, -0.25) is 19.4 Å². The van der Waals surface area contributed by atoms with Crippen molar-refractivity contribution in [1.82, 2.24) is 9.80 Å². The Morgan fingerprint density at radius 2 is 1.00 bits per heavy atom. The number of carboxylic acids is 2. The monoisotopic (exact) mass is 376 g/mol. The smallest absolute Gasteiger partial charge is 0.323 e. The fourth-order valence-corrected chi connectivity index (χ4v) is 2.27. The van der Waals surface area contributed by atoms with Gasteiger partial charge in [0.2, 0.25) is 0 Å². The van der Waals surface area contributed by atoms with Crippen LogP contribution in [0.15, 0.2) is 0 Å². The SMILES string of the molecule is CN(C)[C@@](C)(CCCCN)C(=O)O.CN(C)[C@@](C)(CCCCN)C(=O)O. The molecule has 0 spiro atoms. The van der Waals surface area contributed by atoms with Gasteiger partial charge in [0.05, 0.1) is 0 Å². The zero-order valence-corrected chi connectivity index (χ0v) is 17.4. The first kappa shape index (κ1) is 27.0. The van der Waals surface area contributed by atoms with Crippen molar-refractivity contribution >= 4 is 11.9 Å². The molecule has 0 aliphatic heterocycles. The molecule has 8 heteroatoms. The van der Waals surface area contributed by atoms with Crippen LogP contribution in [0.5, 0.6) is 0 Å². The Balaban J connectivity index is 0. The van der Waals surface area contributed by atoms with Crippen LogP contribution in [-0.4, -0.2) is 84.3 Å². The molecule has 0 unspecified atom stereocenters. The molecule has 0 bridgehead atoms. The quantitative estimate of drug-likeness (QED) is 0.371. The van der Waals surface area contributed by atoms with Crippen LogP contribution in [0, 0.1) is 0 Å². The summed E-state index contributed by atoms with van der Waals surface area (Å²) in [7, 11) is 7.15. The van der Waals surface area contributed by atoms with Gasteiger partial charge in [-0.1, -0.05) is 0 Å². The average Bonchev–Trinajstić information content (AvgIpc) is 2.54. The van der Waals surface area contributed by atoms with Crippen LogP contribution in [0.2, 0.25) is 0 Å². The summed E-state index contributed by atoms with van der Waals surface area (Å²) in [6.45, 7) is 4.74. The van der Waals surface area contributed by atoms with E-state index in [-0.39, 0.29) is 0 Å². The summed E-state index contributed by atoms with van der Waals surface area (Å²) in [5.74, 6) is -1.54. The second-order valence-electron chi connectivity index (χ2n) is 7.44. The van der Waals surface area contributed by atoms with Gasteiger partial charge in [-0.25, -0.2) is 0 Å². The van der Waals surface area contributed by atoms with Gasteiger partial charge in [-0.2, -0.15) is 0 Å². The molecule has 0 saturated carbocycles. The molecule has 26 heavy (non-hydrogen) atoms. The third-order valence-electron chi connectivity index (χ3n) is 5.13. The van der Waals surface area contributed by atoms with Crippen LogP contribution in [0.1, 0.15) is 52.4 Å². The summed E-state index contributed by atoms with van der Waals surface area (Å²) in [5.41, 5.74) is 9.19. The molecular weight excluding hydrogens is 336 g/mol. The summed E-state index contributed by atoms with van der Waals surface area (Å²) in [6.07, 6.45) is 4.78. The van der Waals surface area contributed by atoms with E-state index in [1.165, 1.54) is 0 Å². The molecule has 0 aromatic rings. The minimum atomic E-state index is -0.769. The highest BCUT2D eigenvalue weighted by molar-refractivity contribution is 5.78. The van der Waals surface area contributed by atoms with E-state index in [0.29, 0.717) is 25.9 Å². The van der Waals surface area contributed by atoms with Crippen LogP contribution in [0.3, 0.4) is 0 Å². The van der Waals surface area contributed by atoms with Crippen molar-refractivity contribution in [1.29, 1.82) is 0 Å². The number of hydrogen-bond donors (Lipinski definition) is 4. The van der Waals surface area contributed by atoms with E-state index in [2.05, 4.69) is 0 Å². The number of unbranched alkanes of at least 4 members (excludes halogenated alkanes) is 2. The lowest BCUT2D eigenvalue weighted by Crippen LogP contribution is -2.48. The van der Waals surface area contributed by atoms with E-state index in [0.717, 1.165) is 25.7 Å². The summed E-state index contributed by atoms with van der Waals surface area (Å²) in [6, 6.07) is 0. The standard InChI is InChI=1S/2C9H20N2O2/c2*1-9(8(12)13,11(2)3)6-4-5-7-10/h2*4-7,10H2,1-3H3,(H,12,13)/t2*9-/m00/s1. The van der Waals surface area contributed by atoms with E-state index in [1.54, 1.807) is 51.8 Å². The average molecular weight is 377 g/mol. The fourth-order valence-electron chi connectivity index (χ4n) is 2.27. The van der Waals surface area contributed by atoms with Gasteiger partial charge in [-0.05, 0) is 93.7 Å². The van der Waals surface area contributed by atoms with Crippen LogP contribution in [-0.2, 0) is 9.59 Å².